The van der Waals surface area contributed by atoms with Crippen molar-refractivity contribution >= 4 is 5.91 Å². The van der Waals surface area contributed by atoms with Crippen molar-refractivity contribution in [3.05, 3.63) is 62.6 Å². The van der Waals surface area contributed by atoms with Gasteiger partial charge in [0.1, 0.15) is 0 Å². The van der Waals surface area contributed by atoms with Crippen LogP contribution in [0, 0.1) is 0 Å². The molecule has 1 aromatic carbocycles. The molecule has 3 rings (SSSR count). The third kappa shape index (κ3) is 5.04. The molecule has 0 saturated carbocycles. The monoisotopic (exact) mass is 368 g/mol. The smallest absolute Gasteiger partial charge is 0.267 e. The molecule has 0 unspecified atom stereocenters. The zero-order chi connectivity index (χ0) is 19.2. The van der Waals surface area contributed by atoms with Gasteiger partial charge in [-0.25, -0.2) is 5.10 Å². The summed E-state index contributed by atoms with van der Waals surface area (Å²) in [4.78, 5) is 24.4. The van der Waals surface area contributed by atoms with Gasteiger partial charge < -0.3 is 10.6 Å². The summed E-state index contributed by atoms with van der Waals surface area (Å²) in [6, 6.07) is 8.03. The fourth-order valence-electron chi connectivity index (χ4n) is 3.53. The average Bonchev–Trinajstić information content (AvgIpc) is 2.67. The maximum Gasteiger partial charge on any atom is 0.267 e. The molecule has 0 spiro atoms. The average molecular weight is 368 g/mol. The predicted molar refractivity (Wildman–Crippen MR) is 106 cm³/mol. The lowest BCUT2D eigenvalue weighted by atomic mass is 9.90. The largest absolute Gasteiger partial charge is 0.351 e. The van der Waals surface area contributed by atoms with Crippen LogP contribution in [-0.2, 0) is 19.3 Å². The van der Waals surface area contributed by atoms with Crippen LogP contribution in [0.1, 0.15) is 59.4 Å². The minimum atomic E-state index is -0.0705. The number of aromatic nitrogens is 2. The SMILES string of the molecule is CC(C)NCCNC(=O)c1cccc(Cc2n[nH]c(=O)c3c2CCCC3)c1. The summed E-state index contributed by atoms with van der Waals surface area (Å²) in [5.41, 5.74) is 4.52. The minimum Gasteiger partial charge on any atom is -0.351 e. The van der Waals surface area contributed by atoms with E-state index in [1.54, 1.807) is 0 Å². The number of hydrogen-bond donors (Lipinski definition) is 3. The highest BCUT2D eigenvalue weighted by Gasteiger charge is 2.18. The van der Waals surface area contributed by atoms with Crippen molar-refractivity contribution in [1.82, 2.24) is 20.8 Å². The van der Waals surface area contributed by atoms with Crippen LogP contribution in [0.3, 0.4) is 0 Å². The Kier molecular flexibility index (Phi) is 6.40. The Morgan fingerprint density at radius 3 is 2.74 bits per heavy atom. The molecule has 1 aliphatic carbocycles. The van der Waals surface area contributed by atoms with Crippen LogP contribution in [-0.4, -0.2) is 35.2 Å². The first-order chi connectivity index (χ1) is 13.0. The third-order valence-electron chi connectivity index (χ3n) is 4.91. The number of nitrogens with zero attached hydrogens (tertiary/aromatic N) is 1. The van der Waals surface area contributed by atoms with Crippen LogP contribution in [0.2, 0.25) is 0 Å². The normalized spacial score (nSPS) is 13.4. The highest BCUT2D eigenvalue weighted by atomic mass is 16.1. The molecule has 0 bridgehead atoms. The molecule has 1 heterocycles. The van der Waals surface area contributed by atoms with Crippen molar-refractivity contribution in [3.63, 3.8) is 0 Å². The van der Waals surface area contributed by atoms with Crippen LogP contribution < -0.4 is 16.2 Å². The molecule has 1 aromatic heterocycles. The topological polar surface area (TPSA) is 86.9 Å². The molecular formula is C21H28N4O2. The number of fused-ring (bicyclic) bond motifs is 1. The van der Waals surface area contributed by atoms with Crippen LogP contribution in [0.15, 0.2) is 29.1 Å². The molecule has 0 atom stereocenters. The number of amides is 1. The van der Waals surface area contributed by atoms with Gasteiger partial charge in [-0.05, 0) is 48.9 Å². The van der Waals surface area contributed by atoms with Gasteiger partial charge in [0.25, 0.3) is 11.5 Å². The van der Waals surface area contributed by atoms with E-state index in [2.05, 4.69) is 34.7 Å². The Bertz CT molecular complexity index is 858. The van der Waals surface area contributed by atoms with Gasteiger partial charge in [-0.2, -0.15) is 5.10 Å². The number of benzene rings is 1. The standard InChI is InChI=1S/C21H28N4O2/c1-14(2)22-10-11-23-20(26)16-7-5-6-15(12-16)13-19-17-8-3-4-9-18(17)21(27)25-24-19/h5-7,12,14,22H,3-4,8-11,13H2,1-2H3,(H,23,26)(H,25,27). The summed E-state index contributed by atoms with van der Waals surface area (Å²) in [5, 5.41) is 13.1. The number of carbonyl (C=O) groups is 1. The molecule has 0 radical (unpaired) electrons. The molecule has 1 amide bonds. The quantitative estimate of drug-likeness (QED) is 0.652. The van der Waals surface area contributed by atoms with Crippen molar-refractivity contribution < 1.29 is 4.79 Å². The second-order valence-electron chi connectivity index (χ2n) is 7.41. The van der Waals surface area contributed by atoms with Gasteiger partial charge in [-0.1, -0.05) is 26.0 Å². The molecular weight excluding hydrogens is 340 g/mol. The predicted octanol–water partition coefficient (Wildman–Crippen LogP) is 1.97. The Labute approximate surface area is 159 Å². The molecule has 144 valence electrons. The fraction of sp³-hybridized carbons (Fsp3) is 0.476. The summed E-state index contributed by atoms with van der Waals surface area (Å²) in [5.74, 6) is -0.0705. The highest BCUT2D eigenvalue weighted by Crippen LogP contribution is 2.22. The molecule has 2 aromatic rings. The van der Waals surface area contributed by atoms with E-state index in [0.29, 0.717) is 24.6 Å². The van der Waals surface area contributed by atoms with Crippen molar-refractivity contribution in [1.29, 1.82) is 0 Å². The van der Waals surface area contributed by atoms with Gasteiger partial charge in [0.2, 0.25) is 0 Å². The van der Waals surface area contributed by atoms with Crippen molar-refractivity contribution in [2.24, 2.45) is 0 Å². The van der Waals surface area contributed by atoms with E-state index in [-0.39, 0.29) is 11.5 Å². The zero-order valence-electron chi connectivity index (χ0n) is 16.1. The molecule has 1 aliphatic rings. The summed E-state index contributed by atoms with van der Waals surface area (Å²) >= 11 is 0. The molecule has 0 aliphatic heterocycles. The molecule has 27 heavy (non-hydrogen) atoms. The van der Waals surface area contributed by atoms with Crippen molar-refractivity contribution in [2.45, 2.75) is 52.0 Å². The number of nitrogens with one attached hydrogen (secondary N) is 3. The van der Waals surface area contributed by atoms with Crippen LogP contribution in [0.4, 0.5) is 0 Å². The summed E-state index contributed by atoms with van der Waals surface area (Å²) in [6.07, 6.45) is 4.51. The lowest BCUT2D eigenvalue weighted by Crippen LogP contribution is -2.34. The second-order valence-corrected chi connectivity index (χ2v) is 7.41. The van der Waals surface area contributed by atoms with E-state index in [4.69, 9.17) is 0 Å². The van der Waals surface area contributed by atoms with E-state index in [0.717, 1.165) is 54.6 Å². The number of aromatic amines is 1. The first kappa shape index (κ1) is 19.3. The molecule has 6 nitrogen and oxygen atoms in total. The molecule has 3 N–H and O–H groups in total. The van der Waals surface area contributed by atoms with Crippen molar-refractivity contribution in [3.8, 4) is 0 Å². The van der Waals surface area contributed by atoms with Crippen LogP contribution in [0.25, 0.3) is 0 Å². The first-order valence-corrected chi connectivity index (χ1v) is 9.74. The lowest BCUT2D eigenvalue weighted by molar-refractivity contribution is 0.0953. The van der Waals surface area contributed by atoms with Crippen LogP contribution in [0.5, 0.6) is 0 Å². The van der Waals surface area contributed by atoms with E-state index < -0.39 is 0 Å². The lowest BCUT2D eigenvalue weighted by Gasteiger charge is -2.17. The first-order valence-electron chi connectivity index (χ1n) is 9.74. The molecule has 0 fully saturated rings. The maximum atomic E-state index is 12.4. The van der Waals surface area contributed by atoms with Gasteiger partial charge in [-0.15, -0.1) is 0 Å². The van der Waals surface area contributed by atoms with E-state index in [9.17, 15) is 9.59 Å². The van der Waals surface area contributed by atoms with E-state index >= 15 is 0 Å². The Morgan fingerprint density at radius 1 is 1.19 bits per heavy atom. The molecule has 6 heteroatoms. The second kappa shape index (κ2) is 8.95. The minimum absolute atomic E-state index is 0.0587. The summed E-state index contributed by atoms with van der Waals surface area (Å²) in [6.45, 7) is 5.50. The van der Waals surface area contributed by atoms with E-state index in [1.807, 2.05) is 24.3 Å². The Hall–Kier alpha value is -2.47. The van der Waals surface area contributed by atoms with Gasteiger partial charge in [0.05, 0.1) is 5.69 Å². The number of rotatable bonds is 7. The third-order valence-corrected chi connectivity index (χ3v) is 4.91. The highest BCUT2D eigenvalue weighted by molar-refractivity contribution is 5.94. The van der Waals surface area contributed by atoms with Crippen molar-refractivity contribution in [2.75, 3.05) is 13.1 Å². The molecule has 0 saturated heterocycles. The summed E-state index contributed by atoms with van der Waals surface area (Å²) in [7, 11) is 0. The van der Waals surface area contributed by atoms with Gasteiger partial charge >= 0.3 is 0 Å². The van der Waals surface area contributed by atoms with Gasteiger partial charge in [-0.3, -0.25) is 9.59 Å². The Morgan fingerprint density at radius 2 is 1.96 bits per heavy atom. The van der Waals surface area contributed by atoms with Gasteiger partial charge in [0, 0.05) is 36.7 Å². The van der Waals surface area contributed by atoms with Crippen LogP contribution >= 0.6 is 0 Å². The zero-order valence-corrected chi connectivity index (χ0v) is 16.1. The Balaban J connectivity index is 1.70. The number of carbonyl (C=O) groups excluding carboxylic acids is 1. The fourth-order valence-corrected chi connectivity index (χ4v) is 3.53. The van der Waals surface area contributed by atoms with Gasteiger partial charge in [0.15, 0.2) is 0 Å². The van der Waals surface area contributed by atoms with E-state index in [1.165, 1.54) is 0 Å². The number of H-pyrrole nitrogens is 1. The maximum absolute atomic E-state index is 12.4. The number of hydrogen-bond acceptors (Lipinski definition) is 4. The summed E-state index contributed by atoms with van der Waals surface area (Å²) < 4.78 is 0.